The predicted molar refractivity (Wildman–Crippen MR) is 112 cm³/mol. The van der Waals surface area contributed by atoms with Crippen LogP contribution in [-0.2, 0) is 19.3 Å². The summed E-state index contributed by atoms with van der Waals surface area (Å²) in [4.78, 5) is 36.2. The number of pyridine rings is 1. The van der Waals surface area contributed by atoms with E-state index in [1.165, 1.54) is 15.9 Å². The number of halogens is 3. The summed E-state index contributed by atoms with van der Waals surface area (Å²) >= 11 is 1.16. The maximum absolute atomic E-state index is 12.9. The van der Waals surface area contributed by atoms with Crippen molar-refractivity contribution in [2.45, 2.75) is 19.3 Å². The van der Waals surface area contributed by atoms with Crippen molar-refractivity contribution in [2.24, 2.45) is 0 Å². The fraction of sp³-hybridized carbons (Fsp3) is 0.238. The molecule has 0 spiro atoms. The Morgan fingerprint density at radius 2 is 1.91 bits per heavy atom. The summed E-state index contributed by atoms with van der Waals surface area (Å²) in [6, 6.07) is 8.14. The zero-order valence-corrected chi connectivity index (χ0v) is 17.5. The second-order valence-electron chi connectivity index (χ2n) is 7.11. The molecule has 1 saturated heterocycles. The Kier molecular flexibility index (Phi) is 6.08. The van der Waals surface area contributed by atoms with Gasteiger partial charge in [0.1, 0.15) is 5.69 Å². The molecule has 0 saturated carbocycles. The standard InChI is InChI=1S/C21H18F3N5O2S/c22-21(23,24)16-3-1-2-15(10-16)12-28-8-9-29(20(28)31)19-27-17(13-32-19)18(30)26-11-14-4-6-25-7-5-14/h1-7,10,13H,8-9,11-12H2,(H,26,30). The van der Waals surface area contributed by atoms with Crippen LogP contribution in [0.25, 0.3) is 0 Å². The van der Waals surface area contributed by atoms with Gasteiger partial charge in [-0.3, -0.25) is 14.7 Å². The third-order valence-electron chi connectivity index (χ3n) is 4.88. The summed E-state index contributed by atoms with van der Waals surface area (Å²) < 4.78 is 38.8. The Bertz CT molecular complexity index is 1120. The minimum Gasteiger partial charge on any atom is -0.347 e. The number of rotatable bonds is 6. The highest BCUT2D eigenvalue weighted by Crippen LogP contribution is 2.30. The number of nitrogens with one attached hydrogen (secondary N) is 1. The Labute approximate surface area is 185 Å². The molecule has 3 amide bonds. The number of alkyl halides is 3. The average molecular weight is 461 g/mol. The highest BCUT2D eigenvalue weighted by atomic mass is 32.1. The van der Waals surface area contributed by atoms with E-state index < -0.39 is 11.7 Å². The van der Waals surface area contributed by atoms with Crippen molar-refractivity contribution < 1.29 is 22.8 Å². The van der Waals surface area contributed by atoms with Crippen molar-refractivity contribution in [3.63, 3.8) is 0 Å². The lowest BCUT2D eigenvalue weighted by Crippen LogP contribution is -2.31. The van der Waals surface area contributed by atoms with E-state index in [1.807, 2.05) is 0 Å². The molecule has 1 aromatic carbocycles. The van der Waals surface area contributed by atoms with E-state index in [2.05, 4.69) is 15.3 Å². The van der Waals surface area contributed by atoms with Gasteiger partial charge in [0.2, 0.25) is 0 Å². The van der Waals surface area contributed by atoms with E-state index in [1.54, 1.807) is 36.0 Å². The molecule has 0 radical (unpaired) electrons. The molecule has 32 heavy (non-hydrogen) atoms. The molecule has 166 valence electrons. The number of aromatic nitrogens is 2. The molecule has 1 aliphatic heterocycles. The number of thiazole rings is 1. The molecule has 1 fully saturated rings. The average Bonchev–Trinajstić information content (AvgIpc) is 3.40. The van der Waals surface area contributed by atoms with Gasteiger partial charge >= 0.3 is 12.2 Å². The monoisotopic (exact) mass is 461 g/mol. The second kappa shape index (κ2) is 8.95. The molecule has 0 aliphatic carbocycles. The summed E-state index contributed by atoms with van der Waals surface area (Å²) in [7, 11) is 0. The second-order valence-corrected chi connectivity index (χ2v) is 7.94. The molecule has 1 N–H and O–H groups in total. The van der Waals surface area contributed by atoms with Crippen LogP contribution in [0.15, 0.2) is 54.2 Å². The van der Waals surface area contributed by atoms with Crippen LogP contribution in [0.5, 0.6) is 0 Å². The van der Waals surface area contributed by atoms with Crippen LogP contribution in [-0.4, -0.2) is 39.9 Å². The molecular weight excluding hydrogens is 443 g/mol. The molecule has 11 heteroatoms. The van der Waals surface area contributed by atoms with Crippen LogP contribution in [0, 0.1) is 0 Å². The summed E-state index contributed by atoms with van der Waals surface area (Å²) in [5.74, 6) is -0.364. The summed E-state index contributed by atoms with van der Waals surface area (Å²) in [5, 5.41) is 4.70. The summed E-state index contributed by atoms with van der Waals surface area (Å²) in [5.41, 5.74) is 0.734. The van der Waals surface area contributed by atoms with Gasteiger partial charge in [0.05, 0.1) is 5.56 Å². The topological polar surface area (TPSA) is 78.4 Å². The van der Waals surface area contributed by atoms with Crippen molar-refractivity contribution in [3.8, 4) is 0 Å². The Morgan fingerprint density at radius 1 is 1.12 bits per heavy atom. The predicted octanol–water partition coefficient (Wildman–Crippen LogP) is 3.93. The van der Waals surface area contributed by atoms with E-state index in [-0.39, 0.29) is 24.2 Å². The van der Waals surface area contributed by atoms with Crippen molar-refractivity contribution in [1.82, 2.24) is 20.2 Å². The molecule has 1 aliphatic rings. The number of amides is 3. The molecule has 7 nitrogen and oxygen atoms in total. The fourth-order valence-electron chi connectivity index (χ4n) is 3.24. The molecule has 3 aromatic rings. The van der Waals surface area contributed by atoms with Crippen molar-refractivity contribution >= 4 is 28.4 Å². The maximum atomic E-state index is 12.9. The van der Waals surface area contributed by atoms with E-state index in [4.69, 9.17) is 0 Å². The Balaban J connectivity index is 1.38. The Morgan fingerprint density at radius 3 is 2.66 bits per heavy atom. The first kappa shape index (κ1) is 21.8. The van der Waals surface area contributed by atoms with Crippen molar-refractivity contribution in [2.75, 3.05) is 18.0 Å². The van der Waals surface area contributed by atoms with Gasteiger partial charge in [0.25, 0.3) is 5.91 Å². The SMILES string of the molecule is O=C(NCc1ccncc1)c1csc(N2CCN(Cc3cccc(C(F)(F)F)c3)C2=O)n1. The zero-order chi connectivity index (χ0) is 22.7. The number of hydrogen-bond donors (Lipinski definition) is 1. The van der Waals surface area contributed by atoms with E-state index >= 15 is 0 Å². The number of carbonyl (C=O) groups excluding carboxylic acids is 2. The molecule has 0 unspecified atom stereocenters. The van der Waals surface area contributed by atoms with Gasteiger partial charge in [0.15, 0.2) is 5.13 Å². The van der Waals surface area contributed by atoms with E-state index in [0.717, 1.165) is 29.0 Å². The molecule has 0 bridgehead atoms. The number of hydrogen-bond acceptors (Lipinski definition) is 5. The largest absolute Gasteiger partial charge is 0.416 e. The van der Waals surface area contributed by atoms with E-state index in [0.29, 0.717) is 30.3 Å². The lowest BCUT2D eigenvalue weighted by molar-refractivity contribution is -0.137. The van der Waals surface area contributed by atoms with Crippen molar-refractivity contribution in [3.05, 3.63) is 76.6 Å². The minimum atomic E-state index is -4.44. The lowest BCUT2D eigenvalue weighted by Gasteiger charge is -2.17. The number of urea groups is 1. The van der Waals surface area contributed by atoms with Gasteiger partial charge in [-0.05, 0) is 35.4 Å². The quantitative estimate of drug-likeness (QED) is 0.604. The first-order valence-corrected chi connectivity index (χ1v) is 10.5. The first-order valence-electron chi connectivity index (χ1n) is 9.66. The van der Waals surface area contributed by atoms with Crippen LogP contribution in [0.2, 0.25) is 0 Å². The number of benzene rings is 1. The van der Waals surface area contributed by atoms with Crippen LogP contribution in [0.1, 0.15) is 27.2 Å². The number of carbonyl (C=O) groups is 2. The van der Waals surface area contributed by atoms with E-state index in [9.17, 15) is 22.8 Å². The summed E-state index contributed by atoms with van der Waals surface area (Å²) in [6.07, 6.45) is -1.18. The van der Waals surface area contributed by atoms with Crippen LogP contribution >= 0.6 is 11.3 Å². The minimum absolute atomic E-state index is 0.0594. The zero-order valence-electron chi connectivity index (χ0n) is 16.7. The molecule has 4 rings (SSSR count). The molecule has 3 heterocycles. The first-order chi connectivity index (χ1) is 15.3. The fourth-order valence-corrected chi connectivity index (χ4v) is 4.06. The van der Waals surface area contributed by atoms with Crippen LogP contribution in [0.3, 0.4) is 0 Å². The molecule has 0 atom stereocenters. The Hall–Kier alpha value is -3.47. The van der Waals surface area contributed by atoms with Gasteiger partial charge in [-0.1, -0.05) is 12.1 Å². The lowest BCUT2D eigenvalue weighted by atomic mass is 10.1. The maximum Gasteiger partial charge on any atom is 0.416 e. The van der Waals surface area contributed by atoms with Crippen molar-refractivity contribution in [1.29, 1.82) is 0 Å². The van der Waals surface area contributed by atoms with Gasteiger partial charge < -0.3 is 10.2 Å². The summed E-state index contributed by atoms with van der Waals surface area (Å²) in [6.45, 7) is 1.06. The van der Waals surface area contributed by atoms with Crippen LogP contribution < -0.4 is 10.2 Å². The third-order valence-corrected chi connectivity index (χ3v) is 5.74. The van der Waals surface area contributed by atoms with Gasteiger partial charge in [-0.2, -0.15) is 13.2 Å². The van der Waals surface area contributed by atoms with Crippen LogP contribution in [0.4, 0.5) is 23.1 Å². The number of nitrogens with zero attached hydrogens (tertiary/aromatic N) is 4. The molecule has 2 aromatic heterocycles. The van der Waals surface area contributed by atoms with Gasteiger partial charge in [-0.15, -0.1) is 11.3 Å². The number of anilines is 1. The van der Waals surface area contributed by atoms with Gasteiger partial charge in [-0.25, -0.2) is 9.78 Å². The van der Waals surface area contributed by atoms with Gasteiger partial charge in [0, 0.05) is 44.0 Å². The smallest absolute Gasteiger partial charge is 0.347 e. The highest BCUT2D eigenvalue weighted by molar-refractivity contribution is 7.14. The molecular formula is C21H18F3N5O2S. The highest BCUT2D eigenvalue weighted by Gasteiger charge is 2.33. The normalized spacial score (nSPS) is 14.2. The third kappa shape index (κ3) is 4.88.